The predicted molar refractivity (Wildman–Crippen MR) is 520 cm³/mol. The van der Waals surface area contributed by atoms with Crippen molar-refractivity contribution in [1.82, 2.24) is 0 Å². The summed E-state index contributed by atoms with van der Waals surface area (Å²) in [6.07, 6.45) is 0. The van der Waals surface area contributed by atoms with Gasteiger partial charge in [-0.1, -0.05) is 419 Å². The third-order valence-corrected chi connectivity index (χ3v) is 23.6. The first-order valence-corrected chi connectivity index (χ1v) is 41.9. The third kappa shape index (κ3) is 15.8. The van der Waals surface area contributed by atoms with Crippen molar-refractivity contribution in [3.63, 3.8) is 0 Å². The summed E-state index contributed by atoms with van der Waals surface area (Å²) in [7, 11) is 0. The number of hydrogen-bond donors (Lipinski definition) is 0. The molecule has 0 amide bonds. The van der Waals surface area contributed by atoms with Crippen molar-refractivity contribution in [3.8, 4) is 134 Å². The highest BCUT2D eigenvalue weighted by atomic mass is 15.1. The summed E-state index contributed by atoms with van der Waals surface area (Å²) < 4.78 is 0. The van der Waals surface area contributed by atoms with Gasteiger partial charge in [-0.25, -0.2) is 0 Å². The van der Waals surface area contributed by atoms with Crippen LogP contribution < -0.4 is 9.80 Å². The predicted octanol–water partition coefficient (Wildman–Crippen LogP) is 33.8. The summed E-state index contributed by atoms with van der Waals surface area (Å²) in [6, 6.07) is 185. The summed E-state index contributed by atoms with van der Waals surface area (Å²) in [5, 5.41) is 7.47. The van der Waals surface area contributed by atoms with Crippen molar-refractivity contribution in [2.75, 3.05) is 9.80 Å². The van der Waals surface area contributed by atoms with Crippen LogP contribution in [0.5, 0.6) is 0 Å². The fourth-order valence-electron chi connectivity index (χ4n) is 17.3. The summed E-state index contributed by atoms with van der Waals surface area (Å²) in [5.74, 6) is 0. The number of nitrogens with zero attached hydrogens (tertiary/aromatic N) is 2. The van der Waals surface area contributed by atoms with Gasteiger partial charge in [0.1, 0.15) is 0 Å². The van der Waals surface area contributed by atoms with Gasteiger partial charge in [0.15, 0.2) is 0 Å². The van der Waals surface area contributed by atoms with E-state index in [1.54, 1.807) is 0 Å². The van der Waals surface area contributed by atoms with Gasteiger partial charge in [0, 0.05) is 34.1 Å². The Bertz CT molecular complexity index is 7090. The van der Waals surface area contributed by atoms with E-state index < -0.39 is 0 Å². The van der Waals surface area contributed by atoms with E-state index in [1.165, 1.54) is 155 Å². The van der Waals surface area contributed by atoms with Gasteiger partial charge in [-0.15, -0.1) is 0 Å². The Balaban J connectivity index is 0.000000156. The van der Waals surface area contributed by atoms with Crippen molar-refractivity contribution >= 4 is 66.4 Å². The number of hydrogen-bond acceptors (Lipinski definition) is 2. The van der Waals surface area contributed by atoms with Gasteiger partial charge in [0.2, 0.25) is 0 Å². The molecule has 574 valence electrons. The highest BCUT2D eigenvalue weighted by Gasteiger charge is 2.23. The summed E-state index contributed by atoms with van der Waals surface area (Å²) in [6.45, 7) is 0. The minimum atomic E-state index is 1.08. The van der Waals surface area contributed by atoms with E-state index >= 15 is 0 Å². The molecule has 0 radical (unpaired) electrons. The van der Waals surface area contributed by atoms with Gasteiger partial charge < -0.3 is 9.80 Å². The molecule has 0 heterocycles. The number of rotatable bonds is 18. The molecule has 0 aliphatic carbocycles. The third-order valence-electron chi connectivity index (χ3n) is 23.6. The van der Waals surface area contributed by atoms with Gasteiger partial charge in [0.25, 0.3) is 0 Å². The van der Waals surface area contributed by atoms with E-state index in [9.17, 15) is 0 Å². The first-order valence-electron chi connectivity index (χ1n) is 41.9. The lowest BCUT2D eigenvalue weighted by Gasteiger charge is -2.27. The standard InChI is InChI=1S/C62H43N.C58H41N/c1-3-13-44(14-4-1)47-23-27-51(28-24-47)62-43-58(39-40-61(62)60-22-12-11-21-59(60)50-17-5-2-6-18-50)63(56-35-31-48(32-36-56)54-29-25-45-15-7-9-19-52(45)41-54)57-37-33-49(34-38-57)55-30-26-46-16-8-10-20-53(46)42-55;1-4-14-42(15-5-1)45-24-27-49(28-25-45)58-41-54(38-39-57(58)56-23-13-12-22-55(56)48-19-8-3-9-20-48)59(52-34-30-46(31-35-52)43-16-6-2-7-17-43)53-36-32-47(33-37-53)51-29-26-44-18-10-11-21-50(44)40-51/h1-43H;1-41H. The highest BCUT2D eigenvalue weighted by molar-refractivity contribution is 5.99. The van der Waals surface area contributed by atoms with Crippen molar-refractivity contribution in [1.29, 1.82) is 0 Å². The molecule has 0 aromatic heterocycles. The zero-order valence-corrected chi connectivity index (χ0v) is 67.4. The summed E-state index contributed by atoms with van der Waals surface area (Å²) in [4.78, 5) is 4.77. The molecule has 0 atom stereocenters. The summed E-state index contributed by atoms with van der Waals surface area (Å²) >= 11 is 0. The molecule has 0 bridgehead atoms. The molecule has 122 heavy (non-hydrogen) atoms. The van der Waals surface area contributed by atoms with Crippen molar-refractivity contribution < 1.29 is 0 Å². The molecule has 0 unspecified atom stereocenters. The number of fused-ring (bicyclic) bond motifs is 3. The lowest BCUT2D eigenvalue weighted by Crippen LogP contribution is -2.10. The van der Waals surface area contributed by atoms with Crippen LogP contribution in [-0.4, -0.2) is 0 Å². The van der Waals surface area contributed by atoms with Crippen LogP contribution in [0.3, 0.4) is 0 Å². The van der Waals surface area contributed by atoms with E-state index in [0.29, 0.717) is 0 Å². The Morgan fingerprint density at radius 3 is 0.557 bits per heavy atom. The van der Waals surface area contributed by atoms with Crippen LogP contribution in [0.15, 0.2) is 510 Å². The molecule has 21 rings (SSSR count). The van der Waals surface area contributed by atoms with Crippen molar-refractivity contribution in [3.05, 3.63) is 510 Å². The van der Waals surface area contributed by atoms with Gasteiger partial charge in [-0.05, 0) is 257 Å². The topological polar surface area (TPSA) is 6.48 Å². The molecule has 2 nitrogen and oxygen atoms in total. The fraction of sp³-hybridized carbons (Fsp3) is 0. The maximum Gasteiger partial charge on any atom is 0.0468 e. The Kier molecular flexibility index (Phi) is 21.0. The molecular formula is C120H84N2. The molecule has 0 aliphatic heterocycles. The van der Waals surface area contributed by atoms with Gasteiger partial charge in [0.05, 0.1) is 0 Å². The largest absolute Gasteiger partial charge is 0.310 e. The molecule has 0 N–H and O–H groups in total. The molecular weight excluding hydrogens is 1470 g/mol. The van der Waals surface area contributed by atoms with Crippen LogP contribution >= 0.6 is 0 Å². The van der Waals surface area contributed by atoms with E-state index in [0.717, 1.165) is 45.3 Å². The molecule has 0 aliphatic rings. The SMILES string of the molecule is c1ccc(-c2ccc(-c3cc(N(c4ccc(-c5ccc6ccccc6c5)cc4)c4ccc(-c5ccc6ccccc6c5)cc4)ccc3-c3ccccc3-c3ccccc3)cc2)cc1.c1ccc(-c2ccc(-c3cc(N(c4ccc(-c5ccccc5)cc4)c4ccc(-c5ccc6ccccc6c5)cc4)ccc3-c3ccccc3-c3ccccc3)cc2)cc1. The lowest BCUT2D eigenvalue weighted by molar-refractivity contribution is 1.28. The second-order valence-corrected chi connectivity index (χ2v) is 31.1. The minimum absolute atomic E-state index is 1.08. The molecule has 0 saturated heterocycles. The fourth-order valence-corrected chi connectivity index (χ4v) is 17.3. The van der Waals surface area contributed by atoms with E-state index in [1.807, 2.05) is 0 Å². The Hall–Kier alpha value is -16.0. The average molecular weight is 1550 g/mol. The zero-order chi connectivity index (χ0) is 81.3. The molecule has 21 aromatic rings. The molecule has 0 saturated carbocycles. The van der Waals surface area contributed by atoms with Crippen LogP contribution in [0.1, 0.15) is 0 Å². The smallest absolute Gasteiger partial charge is 0.0468 e. The quantitative estimate of drug-likeness (QED) is 0.0845. The first-order chi connectivity index (χ1) is 60.5. The van der Waals surface area contributed by atoms with E-state index in [-0.39, 0.29) is 0 Å². The second-order valence-electron chi connectivity index (χ2n) is 31.1. The Morgan fingerprint density at radius 1 is 0.0902 bits per heavy atom. The molecule has 21 aromatic carbocycles. The second kappa shape index (κ2) is 34.3. The Labute approximate surface area is 714 Å². The average Bonchev–Trinajstić information content (AvgIpc) is 0.766. The number of benzene rings is 21. The molecule has 0 fully saturated rings. The zero-order valence-electron chi connectivity index (χ0n) is 67.4. The maximum absolute atomic E-state index is 2.39. The lowest BCUT2D eigenvalue weighted by atomic mass is 9.88. The van der Waals surface area contributed by atoms with Crippen LogP contribution in [-0.2, 0) is 0 Å². The monoisotopic (exact) mass is 1550 g/mol. The van der Waals surface area contributed by atoms with Crippen molar-refractivity contribution in [2.45, 2.75) is 0 Å². The van der Waals surface area contributed by atoms with Crippen molar-refractivity contribution in [2.24, 2.45) is 0 Å². The maximum atomic E-state index is 2.39. The summed E-state index contributed by atoms with van der Waals surface area (Å²) in [5.41, 5.74) is 35.1. The minimum Gasteiger partial charge on any atom is -0.310 e. The van der Waals surface area contributed by atoms with E-state index in [2.05, 4.69) is 519 Å². The van der Waals surface area contributed by atoms with Gasteiger partial charge in [-0.2, -0.15) is 0 Å². The number of anilines is 6. The highest BCUT2D eigenvalue weighted by Crippen LogP contribution is 2.48. The molecule has 0 spiro atoms. The van der Waals surface area contributed by atoms with Crippen LogP contribution in [0.2, 0.25) is 0 Å². The van der Waals surface area contributed by atoms with Crippen LogP contribution in [0.25, 0.3) is 166 Å². The van der Waals surface area contributed by atoms with Gasteiger partial charge in [-0.3, -0.25) is 0 Å². The first kappa shape index (κ1) is 74.8. The van der Waals surface area contributed by atoms with Crippen LogP contribution in [0, 0.1) is 0 Å². The molecule has 2 heteroatoms. The van der Waals surface area contributed by atoms with Gasteiger partial charge >= 0.3 is 0 Å². The normalized spacial score (nSPS) is 11.1. The van der Waals surface area contributed by atoms with E-state index in [4.69, 9.17) is 0 Å². The van der Waals surface area contributed by atoms with Crippen LogP contribution in [0.4, 0.5) is 34.1 Å². The Morgan fingerprint density at radius 2 is 0.270 bits per heavy atom.